The molecule has 0 radical (unpaired) electrons. The van der Waals surface area contributed by atoms with Gasteiger partial charge in [-0.2, -0.15) is 0 Å². The smallest absolute Gasteiger partial charge is 0.0664 e. The van der Waals surface area contributed by atoms with E-state index in [1.165, 1.54) is 49.8 Å². The van der Waals surface area contributed by atoms with Crippen molar-refractivity contribution in [1.29, 1.82) is 0 Å². The maximum absolute atomic E-state index is 2.51. The number of aryl methyl sites for hydroxylation is 1. The van der Waals surface area contributed by atoms with Gasteiger partial charge in [-0.25, -0.2) is 0 Å². The molecule has 1 aliphatic heterocycles. The summed E-state index contributed by atoms with van der Waals surface area (Å²) in [4.78, 5) is 0. The van der Waals surface area contributed by atoms with Crippen molar-refractivity contribution >= 4 is 35.3 Å². The van der Waals surface area contributed by atoms with Gasteiger partial charge in [0.15, 0.2) is 0 Å². The Morgan fingerprint density at radius 2 is 1.09 bits per heavy atom. The third-order valence-corrected chi connectivity index (χ3v) is 7.25. The summed E-state index contributed by atoms with van der Waals surface area (Å²) < 4.78 is 0. The van der Waals surface area contributed by atoms with E-state index in [0.29, 0.717) is 0 Å². The van der Waals surface area contributed by atoms with E-state index >= 15 is 0 Å². The zero-order chi connectivity index (χ0) is 25.1. The van der Waals surface area contributed by atoms with Crippen LogP contribution in [0.4, 0.5) is 0 Å². The summed E-state index contributed by atoms with van der Waals surface area (Å²) in [5.74, 6) is 0. The molecule has 176 valence electrons. The molecule has 0 aliphatic carbocycles. The fourth-order valence-corrected chi connectivity index (χ4v) is 5.32. The highest BCUT2D eigenvalue weighted by Crippen LogP contribution is 2.34. The van der Waals surface area contributed by atoms with Crippen LogP contribution in [0.1, 0.15) is 95.7 Å². The number of hydrogen-bond donors (Lipinski definition) is 0. The van der Waals surface area contributed by atoms with E-state index in [-0.39, 0.29) is 23.0 Å². The number of benzene rings is 3. The second kappa shape index (κ2) is 8.30. The maximum Gasteiger partial charge on any atom is 0.243 e. The fourth-order valence-electron chi connectivity index (χ4n) is 5.32. The molecule has 1 heteroatoms. The minimum atomic E-state index is 0.0239. The third kappa shape index (κ3) is 4.55. The van der Waals surface area contributed by atoms with Gasteiger partial charge in [-0.05, 0) is 51.0 Å². The minimum absolute atomic E-state index is 0.0239. The molecule has 0 unspecified atom stereocenters. The Morgan fingerprint density at radius 1 is 0.559 bits per heavy atom. The van der Waals surface area contributed by atoms with Crippen molar-refractivity contribution < 1.29 is 0 Å². The van der Waals surface area contributed by atoms with Crippen LogP contribution >= 0.6 is 0 Å². The molecular weight excluding hydrogens is 407 g/mol. The summed E-state index contributed by atoms with van der Waals surface area (Å²) in [5.41, 5.74) is 12.8. The summed E-state index contributed by atoms with van der Waals surface area (Å²) in [6.45, 7) is 23.7. The van der Waals surface area contributed by atoms with E-state index in [4.69, 9.17) is 0 Å². The first-order valence-electron chi connectivity index (χ1n) is 12.7. The summed E-state index contributed by atoms with van der Waals surface area (Å²) >= 11 is 0. The van der Waals surface area contributed by atoms with Crippen molar-refractivity contribution in [2.24, 2.45) is 0 Å². The zero-order valence-corrected chi connectivity index (χ0v) is 22.9. The second-order valence-electron chi connectivity index (χ2n) is 13.3. The van der Waals surface area contributed by atoms with Gasteiger partial charge in [0.25, 0.3) is 0 Å². The van der Waals surface area contributed by atoms with E-state index in [2.05, 4.69) is 136 Å². The van der Waals surface area contributed by atoms with Gasteiger partial charge in [0, 0.05) is 0 Å². The van der Waals surface area contributed by atoms with E-state index in [0.717, 1.165) is 0 Å². The van der Waals surface area contributed by atoms with Gasteiger partial charge < -0.3 is 0 Å². The number of fused-ring (bicyclic) bond motifs is 2. The largest absolute Gasteiger partial charge is 0.243 e. The van der Waals surface area contributed by atoms with Crippen LogP contribution in [0, 0.1) is 6.92 Å². The quantitative estimate of drug-likeness (QED) is 0.278. The molecule has 0 aromatic heterocycles. The molecule has 1 aliphatic rings. The molecule has 0 spiro atoms. The van der Waals surface area contributed by atoms with E-state index in [1.54, 1.807) is 0 Å². The third-order valence-electron chi connectivity index (χ3n) is 7.25. The summed E-state index contributed by atoms with van der Waals surface area (Å²) in [5, 5.41) is 0. The van der Waals surface area contributed by atoms with Crippen LogP contribution in [0.2, 0.25) is 0 Å². The molecule has 0 fully saturated rings. The summed E-state index contributed by atoms with van der Waals surface area (Å²) in [6, 6.07) is 21.0. The van der Waals surface area contributed by atoms with Crippen molar-refractivity contribution in [3.05, 3.63) is 88.0 Å². The van der Waals surface area contributed by atoms with Crippen LogP contribution in [0.15, 0.2) is 54.6 Å². The monoisotopic (exact) mass is 448 g/mol. The van der Waals surface area contributed by atoms with Crippen LogP contribution in [-0.4, -0.2) is 6.71 Å². The maximum atomic E-state index is 2.51. The lowest BCUT2D eigenvalue weighted by molar-refractivity contribution is 0.553. The van der Waals surface area contributed by atoms with Crippen LogP contribution < -0.4 is 16.4 Å². The summed E-state index contributed by atoms with van der Waals surface area (Å²) in [7, 11) is 0. The normalized spacial score (nSPS) is 14.0. The lowest BCUT2D eigenvalue weighted by atomic mass is 9.33. The number of rotatable bonds is 1. The van der Waals surface area contributed by atoms with E-state index in [1.807, 2.05) is 0 Å². The SMILES string of the molecule is Cc1ccc2c(c1)C=Cc1ccccc1B2c1c(C(C)(C)C)cc(C(C)(C)C)cc1C(C)(C)C. The topological polar surface area (TPSA) is 0 Å². The number of hydrogen-bond acceptors (Lipinski definition) is 0. The molecule has 34 heavy (non-hydrogen) atoms. The highest BCUT2D eigenvalue weighted by Gasteiger charge is 2.37. The molecule has 3 aromatic rings. The van der Waals surface area contributed by atoms with Crippen LogP contribution in [0.3, 0.4) is 0 Å². The zero-order valence-electron chi connectivity index (χ0n) is 22.9. The molecular formula is C33H41B. The lowest BCUT2D eigenvalue weighted by Crippen LogP contribution is -2.58. The molecule has 0 amide bonds. The van der Waals surface area contributed by atoms with Gasteiger partial charge in [-0.3, -0.25) is 0 Å². The summed E-state index contributed by atoms with van der Waals surface area (Å²) in [6.07, 6.45) is 4.63. The Kier molecular flexibility index (Phi) is 6.00. The minimum Gasteiger partial charge on any atom is -0.0664 e. The average molecular weight is 449 g/mol. The molecule has 3 aromatic carbocycles. The van der Waals surface area contributed by atoms with Crippen molar-refractivity contribution in [2.75, 3.05) is 0 Å². The van der Waals surface area contributed by atoms with Crippen LogP contribution in [0.5, 0.6) is 0 Å². The highest BCUT2D eigenvalue weighted by atomic mass is 14.3. The van der Waals surface area contributed by atoms with Gasteiger partial charge in [0.1, 0.15) is 0 Å². The highest BCUT2D eigenvalue weighted by molar-refractivity contribution is 6.97. The standard InChI is InChI=1S/C33H41B/c1-22-15-18-29-24(19-22)17-16-23-13-11-12-14-28(23)34(29)30-26(32(5,6)7)20-25(31(2,3)4)21-27(30)33(8,9)10/h11-21H,1-10H3. The lowest BCUT2D eigenvalue weighted by Gasteiger charge is -2.36. The van der Waals surface area contributed by atoms with Crippen molar-refractivity contribution in [2.45, 2.75) is 85.5 Å². The van der Waals surface area contributed by atoms with Gasteiger partial charge >= 0.3 is 0 Å². The Bertz CT molecular complexity index is 1220. The molecule has 0 nitrogen and oxygen atoms in total. The van der Waals surface area contributed by atoms with Crippen molar-refractivity contribution in [3.8, 4) is 0 Å². The molecule has 0 saturated carbocycles. The molecule has 0 bridgehead atoms. The van der Waals surface area contributed by atoms with Gasteiger partial charge in [-0.15, -0.1) is 0 Å². The molecule has 1 heterocycles. The first-order valence-corrected chi connectivity index (χ1v) is 12.7. The van der Waals surface area contributed by atoms with E-state index in [9.17, 15) is 0 Å². The van der Waals surface area contributed by atoms with Gasteiger partial charge in [0.2, 0.25) is 6.71 Å². The molecule has 0 N–H and O–H groups in total. The Hall–Kier alpha value is -2.54. The second-order valence-corrected chi connectivity index (χ2v) is 13.3. The Morgan fingerprint density at radius 3 is 1.65 bits per heavy atom. The average Bonchev–Trinajstić information content (AvgIpc) is 2.87. The molecule has 0 saturated heterocycles. The van der Waals surface area contributed by atoms with Gasteiger partial charge in [0.05, 0.1) is 0 Å². The van der Waals surface area contributed by atoms with Crippen molar-refractivity contribution in [1.82, 2.24) is 0 Å². The molecule has 0 atom stereocenters. The first kappa shape index (κ1) is 24.6. The Labute approximate surface area is 208 Å². The van der Waals surface area contributed by atoms with E-state index < -0.39 is 0 Å². The predicted molar refractivity (Wildman–Crippen MR) is 154 cm³/mol. The van der Waals surface area contributed by atoms with Crippen LogP contribution in [-0.2, 0) is 16.2 Å². The van der Waals surface area contributed by atoms with Gasteiger partial charge in [-0.1, -0.05) is 151 Å². The van der Waals surface area contributed by atoms with Crippen LogP contribution in [0.25, 0.3) is 12.2 Å². The Balaban J connectivity index is 2.19. The van der Waals surface area contributed by atoms with Crippen molar-refractivity contribution in [3.63, 3.8) is 0 Å². The molecule has 4 rings (SSSR count). The fraction of sp³-hybridized carbons (Fsp3) is 0.394. The first-order chi connectivity index (χ1) is 15.7. The predicted octanol–water partition coefficient (Wildman–Crippen LogP) is 6.89.